The van der Waals surface area contributed by atoms with Gasteiger partial charge in [-0.3, -0.25) is 0 Å². The number of hydrogen-bond acceptors (Lipinski definition) is 1. The van der Waals surface area contributed by atoms with Gasteiger partial charge in [-0.15, -0.1) is 0 Å². The topological polar surface area (TPSA) is 3.24 Å². The Morgan fingerprint density at radius 3 is 2.43 bits per heavy atom. The van der Waals surface area contributed by atoms with E-state index >= 15 is 0 Å². The molecule has 0 aromatic rings. The zero-order chi connectivity index (χ0) is 5.70. The Balaban J connectivity index is 3.23. The summed E-state index contributed by atoms with van der Waals surface area (Å²) in [6, 6.07) is 2.60. The largest absolute Gasteiger partial charge is 0.365 e. The summed E-state index contributed by atoms with van der Waals surface area (Å²) in [7, 11) is -0.0748. The molecule has 0 aliphatic heterocycles. The predicted octanol–water partition coefficient (Wildman–Crippen LogP) is 0.0309. The second kappa shape index (κ2) is 3.76. The molecule has 0 aromatic heterocycles. The van der Waals surface area contributed by atoms with Gasteiger partial charge in [-0.25, -0.2) is 0 Å². The lowest BCUT2D eigenvalue weighted by atomic mass is 10.8. The molecule has 0 saturated heterocycles. The first-order chi connectivity index (χ1) is 3.35. The first kappa shape index (κ1) is 6.58. The molecule has 0 atom stereocenters. The maximum Gasteiger partial charge on any atom is 0.130 e. The summed E-state index contributed by atoms with van der Waals surface area (Å²) >= 11 is 0. The highest BCUT2D eigenvalue weighted by Gasteiger charge is 1.85. The van der Waals surface area contributed by atoms with Crippen molar-refractivity contribution in [3.63, 3.8) is 0 Å². The molecular weight excluding hydrogens is 102 g/mol. The molecule has 0 unspecified atom stereocenters. The van der Waals surface area contributed by atoms with Gasteiger partial charge in [0.05, 0.1) is 0 Å². The van der Waals surface area contributed by atoms with Crippen molar-refractivity contribution in [3.05, 3.63) is 0 Å². The van der Waals surface area contributed by atoms with E-state index < -0.39 is 0 Å². The van der Waals surface area contributed by atoms with E-state index in [9.17, 15) is 0 Å². The van der Waals surface area contributed by atoms with Crippen molar-refractivity contribution in [1.29, 1.82) is 0 Å². The highest BCUT2D eigenvalue weighted by atomic mass is 28.2. The summed E-state index contributed by atoms with van der Waals surface area (Å²) in [6.45, 7) is 5.28. The van der Waals surface area contributed by atoms with Crippen LogP contribution in [0.25, 0.3) is 0 Å². The van der Waals surface area contributed by atoms with Crippen molar-refractivity contribution >= 4 is 9.68 Å². The van der Waals surface area contributed by atoms with Crippen molar-refractivity contribution in [1.82, 2.24) is 4.57 Å². The van der Waals surface area contributed by atoms with Crippen LogP contribution >= 0.6 is 0 Å². The highest BCUT2D eigenvalue weighted by molar-refractivity contribution is 6.30. The molecule has 0 aliphatic rings. The summed E-state index contributed by atoms with van der Waals surface area (Å²) in [4.78, 5) is 0. The fourth-order valence-electron chi connectivity index (χ4n) is 0.406. The Labute approximate surface area is 47.6 Å². The van der Waals surface area contributed by atoms with Crippen LogP contribution in [0.2, 0.25) is 6.55 Å². The van der Waals surface area contributed by atoms with Gasteiger partial charge in [-0.2, -0.15) is 0 Å². The summed E-state index contributed by atoms with van der Waals surface area (Å²) in [6.07, 6.45) is 5.10. The molecule has 0 saturated carbocycles. The molecule has 40 valence electrons. The zero-order valence-electron chi connectivity index (χ0n) is 4.94. The normalized spacial score (nSPS) is 9.29. The Morgan fingerprint density at radius 2 is 2.43 bits per heavy atom. The van der Waals surface area contributed by atoms with Crippen LogP contribution in [-0.4, -0.2) is 20.8 Å². The van der Waals surface area contributed by atoms with E-state index in [0.717, 1.165) is 6.54 Å². The van der Waals surface area contributed by atoms with Crippen molar-refractivity contribution in [3.8, 4) is 12.5 Å². The van der Waals surface area contributed by atoms with E-state index in [1.54, 1.807) is 0 Å². The monoisotopic (exact) mass is 113 g/mol. The number of terminal acetylenes is 1. The maximum absolute atomic E-state index is 5.10. The Morgan fingerprint density at radius 1 is 1.86 bits per heavy atom. The number of nitrogens with zero attached hydrogens (tertiary/aromatic N) is 1. The van der Waals surface area contributed by atoms with Crippen LogP contribution in [-0.2, 0) is 0 Å². The fourth-order valence-corrected chi connectivity index (χ4v) is 1.04. The van der Waals surface area contributed by atoms with Gasteiger partial charge < -0.3 is 4.57 Å². The minimum absolute atomic E-state index is 0.0748. The van der Waals surface area contributed by atoms with Gasteiger partial charge >= 0.3 is 0 Å². The van der Waals surface area contributed by atoms with Crippen LogP contribution in [0.3, 0.4) is 0 Å². The lowest BCUT2D eigenvalue weighted by Gasteiger charge is -2.09. The Bertz CT molecular complexity index is 70.6. The molecule has 0 bridgehead atoms. The minimum atomic E-state index is -0.0748. The average Bonchev–Trinajstić information content (AvgIpc) is 1.72. The predicted molar refractivity (Wildman–Crippen MR) is 35.6 cm³/mol. The number of rotatable bonds is 2. The third-order valence-corrected chi connectivity index (χ3v) is 2.34. The van der Waals surface area contributed by atoms with Gasteiger partial charge in [-0.05, 0) is 13.0 Å². The molecule has 0 rings (SSSR count). The van der Waals surface area contributed by atoms with E-state index in [1.807, 2.05) is 4.57 Å². The van der Waals surface area contributed by atoms with Crippen LogP contribution in [0.4, 0.5) is 0 Å². The third-order valence-electron chi connectivity index (χ3n) is 0.946. The lowest BCUT2D eigenvalue weighted by molar-refractivity contribution is 0.659. The summed E-state index contributed by atoms with van der Waals surface area (Å²) in [5, 5.41) is 0. The molecule has 0 N–H and O–H groups in total. The lowest BCUT2D eigenvalue weighted by Crippen LogP contribution is -2.18. The van der Waals surface area contributed by atoms with Crippen LogP contribution in [0.1, 0.15) is 6.92 Å². The van der Waals surface area contributed by atoms with Crippen LogP contribution < -0.4 is 0 Å². The van der Waals surface area contributed by atoms with E-state index in [2.05, 4.69) is 19.5 Å². The van der Waals surface area contributed by atoms with Crippen molar-refractivity contribution in [2.75, 3.05) is 6.54 Å². The fraction of sp³-hybridized carbons (Fsp3) is 0.600. The molecule has 0 spiro atoms. The van der Waals surface area contributed by atoms with Crippen molar-refractivity contribution in [2.45, 2.75) is 13.5 Å². The smallest absolute Gasteiger partial charge is 0.130 e. The van der Waals surface area contributed by atoms with E-state index in [4.69, 9.17) is 6.42 Å². The zero-order valence-corrected chi connectivity index (χ0v) is 6.35. The molecule has 0 fully saturated rings. The molecule has 0 heterocycles. The van der Waals surface area contributed by atoms with E-state index in [0.29, 0.717) is 0 Å². The van der Waals surface area contributed by atoms with E-state index in [-0.39, 0.29) is 9.68 Å². The first-order valence-electron chi connectivity index (χ1n) is 2.56. The van der Waals surface area contributed by atoms with Gasteiger partial charge in [-0.1, -0.05) is 13.0 Å². The summed E-state index contributed by atoms with van der Waals surface area (Å²) in [5.41, 5.74) is 0. The molecule has 0 radical (unpaired) electrons. The number of hydrogen-bond donors (Lipinski definition) is 0. The van der Waals surface area contributed by atoms with Gasteiger partial charge in [0.1, 0.15) is 9.68 Å². The SMILES string of the molecule is C#CN(CC)[SiH2]C. The van der Waals surface area contributed by atoms with Crippen LogP contribution in [0.15, 0.2) is 0 Å². The van der Waals surface area contributed by atoms with Crippen molar-refractivity contribution < 1.29 is 0 Å². The molecule has 0 aromatic carbocycles. The average molecular weight is 113 g/mol. The van der Waals surface area contributed by atoms with Gasteiger partial charge in [0.25, 0.3) is 0 Å². The van der Waals surface area contributed by atoms with Crippen LogP contribution in [0, 0.1) is 12.5 Å². The van der Waals surface area contributed by atoms with E-state index in [1.165, 1.54) is 0 Å². The first-order valence-corrected chi connectivity index (χ1v) is 4.61. The van der Waals surface area contributed by atoms with Crippen molar-refractivity contribution in [2.24, 2.45) is 0 Å². The second-order valence-corrected chi connectivity index (χ2v) is 2.70. The molecule has 2 heteroatoms. The second-order valence-electron chi connectivity index (χ2n) is 1.30. The highest BCUT2D eigenvalue weighted by Crippen LogP contribution is 1.75. The van der Waals surface area contributed by atoms with Crippen LogP contribution in [0.5, 0.6) is 0 Å². The van der Waals surface area contributed by atoms with Gasteiger partial charge in [0.15, 0.2) is 0 Å². The quantitative estimate of drug-likeness (QED) is 0.277. The standard InChI is InChI=1S/C5H11NSi/c1-4-6(5-2)7-3/h1H,5,7H2,2-3H3. The molecule has 7 heavy (non-hydrogen) atoms. The van der Waals surface area contributed by atoms with Gasteiger partial charge in [0.2, 0.25) is 0 Å². The summed E-state index contributed by atoms with van der Waals surface area (Å²) < 4.78 is 2.04. The third kappa shape index (κ3) is 2.29. The molecule has 1 nitrogen and oxygen atoms in total. The maximum atomic E-state index is 5.10. The Kier molecular flexibility index (Phi) is 3.53. The molecule has 0 aliphatic carbocycles. The molecular formula is C5H11NSi. The minimum Gasteiger partial charge on any atom is -0.365 e. The Hall–Kier alpha value is -0.423. The molecule has 0 amide bonds. The summed E-state index contributed by atoms with van der Waals surface area (Å²) in [5.74, 6) is 0. The van der Waals surface area contributed by atoms with Gasteiger partial charge in [0, 0.05) is 6.54 Å².